The third-order valence-electron chi connectivity index (χ3n) is 3.23. The monoisotopic (exact) mass is 287 g/mol. The fourth-order valence-electron chi connectivity index (χ4n) is 2.14. The Morgan fingerprint density at radius 1 is 1.35 bits per heavy atom. The van der Waals surface area contributed by atoms with Gasteiger partial charge in [0.1, 0.15) is 0 Å². The highest BCUT2D eigenvalue weighted by atomic mass is 19.3. The molecule has 0 heterocycles. The summed E-state index contributed by atoms with van der Waals surface area (Å²) in [6.07, 6.45) is 1.31. The molecular weight excluding hydrogens is 268 g/mol. The molecule has 112 valence electrons. The molecule has 1 aromatic carbocycles. The minimum absolute atomic E-state index is 0.0460. The van der Waals surface area contributed by atoms with E-state index in [4.69, 9.17) is 4.74 Å². The molecule has 0 unspecified atom stereocenters. The van der Waals surface area contributed by atoms with Gasteiger partial charge in [-0.3, -0.25) is 0 Å². The van der Waals surface area contributed by atoms with E-state index in [2.05, 4.69) is 10.1 Å². The van der Waals surface area contributed by atoms with Gasteiger partial charge in [0.25, 0.3) is 0 Å². The van der Waals surface area contributed by atoms with Crippen LogP contribution in [0.25, 0.3) is 0 Å². The van der Waals surface area contributed by atoms with Crippen LogP contribution in [0.4, 0.5) is 8.78 Å². The zero-order chi connectivity index (χ0) is 14.5. The Bertz CT molecular complexity index is 436. The van der Waals surface area contributed by atoms with Gasteiger partial charge in [-0.05, 0) is 37.5 Å². The number of hydrogen-bond acceptors (Lipinski definition) is 4. The lowest BCUT2D eigenvalue weighted by atomic mass is 9.89. The summed E-state index contributed by atoms with van der Waals surface area (Å²) >= 11 is 0. The first-order chi connectivity index (χ1) is 9.58. The molecule has 0 spiro atoms. The van der Waals surface area contributed by atoms with E-state index in [0.717, 1.165) is 18.4 Å². The van der Waals surface area contributed by atoms with Crippen molar-refractivity contribution in [2.75, 3.05) is 6.61 Å². The van der Waals surface area contributed by atoms with Crippen molar-refractivity contribution in [3.05, 3.63) is 23.8 Å². The SMILES string of the molecule is CCOc1cc(CNC2CC(O)C2)ccc1OC(F)F. The van der Waals surface area contributed by atoms with E-state index in [1.807, 2.05) is 0 Å². The fourth-order valence-corrected chi connectivity index (χ4v) is 2.14. The smallest absolute Gasteiger partial charge is 0.387 e. The Hall–Kier alpha value is -1.40. The van der Waals surface area contributed by atoms with E-state index >= 15 is 0 Å². The molecule has 0 aromatic heterocycles. The lowest BCUT2D eigenvalue weighted by Crippen LogP contribution is -2.43. The molecule has 1 aliphatic rings. The number of aliphatic hydroxyl groups is 1. The molecule has 1 aliphatic carbocycles. The number of nitrogens with one attached hydrogen (secondary N) is 1. The number of halogens is 2. The first-order valence-corrected chi connectivity index (χ1v) is 6.70. The molecule has 0 aliphatic heterocycles. The molecule has 0 atom stereocenters. The maximum atomic E-state index is 12.3. The zero-order valence-electron chi connectivity index (χ0n) is 11.3. The molecule has 1 aromatic rings. The molecule has 20 heavy (non-hydrogen) atoms. The van der Waals surface area contributed by atoms with Gasteiger partial charge < -0.3 is 19.9 Å². The molecule has 4 nitrogen and oxygen atoms in total. The summed E-state index contributed by atoms with van der Waals surface area (Å²) in [6.45, 7) is -0.0977. The van der Waals surface area contributed by atoms with Crippen LogP contribution in [-0.4, -0.2) is 30.5 Å². The van der Waals surface area contributed by atoms with E-state index in [-0.39, 0.29) is 11.9 Å². The highest BCUT2D eigenvalue weighted by molar-refractivity contribution is 5.43. The summed E-state index contributed by atoms with van der Waals surface area (Å²) in [5.41, 5.74) is 0.927. The summed E-state index contributed by atoms with van der Waals surface area (Å²) in [5.74, 6) is 0.366. The van der Waals surface area contributed by atoms with E-state index in [9.17, 15) is 13.9 Å². The van der Waals surface area contributed by atoms with Gasteiger partial charge in [-0.2, -0.15) is 8.78 Å². The van der Waals surface area contributed by atoms with Gasteiger partial charge in [0.2, 0.25) is 0 Å². The van der Waals surface area contributed by atoms with Crippen LogP contribution in [0.1, 0.15) is 25.3 Å². The van der Waals surface area contributed by atoms with Gasteiger partial charge >= 0.3 is 6.61 Å². The van der Waals surface area contributed by atoms with Gasteiger partial charge in [0, 0.05) is 12.6 Å². The molecule has 6 heteroatoms. The molecular formula is C14H19F2NO3. The summed E-state index contributed by atoms with van der Waals surface area (Å²) in [5, 5.41) is 12.5. The second-order valence-corrected chi connectivity index (χ2v) is 4.80. The third kappa shape index (κ3) is 4.05. The highest BCUT2D eigenvalue weighted by Gasteiger charge is 2.26. The number of rotatable bonds is 7. The van der Waals surface area contributed by atoms with Crippen LogP contribution in [0, 0.1) is 0 Å². The normalized spacial score (nSPS) is 21.6. The standard InChI is InChI=1S/C14H19F2NO3/c1-2-19-13-5-9(3-4-12(13)20-14(15)16)8-17-10-6-11(18)7-10/h3-5,10-11,14,17-18H,2,6-8H2,1H3. The summed E-state index contributed by atoms with van der Waals surface area (Å²) < 4.78 is 34.3. The van der Waals surface area contributed by atoms with Crippen LogP contribution >= 0.6 is 0 Å². The average molecular weight is 287 g/mol. The molecule has 0 radical (unpaired) electrons. The van der Waals surface area contributed by atoms with Gasteiger partial charge in [-0.15, -0.1) is 0 Å². The quantitative estimate of drug-likeness (QED) is 0.808. The van der Waals surface area contributed by atoms with Crippen molar-refractivity contribution in [2.24, 2.45) is 0 Å². The van der Waals surface area contributed by atoms with Crippen molar-refractivity contribution in [2.45, 2.75) is 45.1 Å². The molecule has 1 fully saturated rings. The molecule has 0 amide bonds. The van der Waals surface area contributed by atoms with Crippen LogP contribution in [0.2, 0.25) is 0 Å². The summed E-state index contributed by atoms with van der Waals surface area (Å²) in [7, 11) is 0. The van der Waals surface area contributed by atoms with Gasteiger partial charge in [0.15, 0.2) is 11.5 Å². The van der Waals surface area contributed by atoms with Crippen molar-refractivity contribution in [3.63, 3.8) is 0 Å². The molecule has 2 rings (SSSR count). The summed E-state index contributed by atoms with van der Waals surface area (Å²) in [4.78, 5) is 0. The van der Waals surface area contributed by atoms with E-state index in [1.165, 1.54) is 6.07 Å². The average Bonchev–Trinajstić information content (AvgIpc) is 2.36. The Morgan fingerprint density at radius 2 is 2.10 bits per heavy atom. The number of benzene rings is 1. The van der Waals surface area contributed by atoms with Crippen LogP contribution in [-0.2, 0) is 6.54 Å². The van der Waals surface area contributed by atoms with Crippen LogP contribution < -0.4 is 14.8 Å². The van der Waals surface area contributed by atoms with Crippen LogP contribution in [0.15, 0.2) is 18.2 Å². The second kappa shape index (κ2) is 6.85. The first kappa shape index (κ1) is 15.0. The van der Waals surface area contributed by atoms with Crippen molar-refractivity contribution in [1.29, 1.82) is 0 Å². The fraction of sp³-hybridized carbons (Fsp3) is 0.571. The molecule has 0 bridgehead atoms. The molecule has 0 saturated heterocycles. The third-order valence-corrected chi connectivity index (χ3v) is 3.23. The Balaban J connectivity index is 1.97. The second-order valence-electron chi connectivity index (χ2n) is 4.80. The number of aliphatic hydroxyl groups excluding tert-OH is 1. The van der Waals surface area contributed by atoms with Crippen LogP contribution in [0.5, 0.6) is 11.5 Å². The number of alkyl halides is 2. The topological polar surface area (TPSA) is 50.7 Å². The van der Waals surface area contributed by atoms with Crippen molar-refractivity contribution in [3.8, 4) is 11.5 Å². The van der Waals surface area contributed by atoms with Crippen LogP contribution in [0.3, 0.4) is 0 Å². The van der Waals surface area contributed by atoms with Gasteiger partial charge in [-0.25, -0.2) is 0 Å². The van der Waals surface area contributed by atoms with Crippen molar-refractivity contribution >= 4 is 0 Å². The lowest BCUT2D eigenvalue weighted by molar-refractivity contribution is -0.0514. The van der Waals surface area contributed by atoms with E-state index in [1.54, 1.807) is 19.1 Å². The van der Waals surface area contributed by atoms with Crippen molar-refractivity contribution < 1.29 is 23.4 Å². The zero-order valence-corrected chi connectivity index (χ0v) is 11.3. The highest BCUT2D eigenvalue weighted by Crippen LogP contribution is 2.30. The predicted molar refractivity (Wildman–Crippen MR) is 70.1 cm³/mol. The number of hydrogen-bond donors (Lipinski definition) is 2. The first-order valence-electron chi connectivity index (χ1n) is 6.70. The van der Waals surface area contributed by atoms with E-state index in [0.29, 0.717) is 24.9 Å². The predicted octanol–water partition coefficient (Wildman–Crippen LogP) is 2.30. The minimum atomic E-state index is -2.87. The number of ether oxygens (including phenoxy) is 2. The van der Waals surface area contributed by atoms with Crippen molar-refractivity contribution in [1.82, 2.24) is 5.32 Å². The molecule has 2 N–H and O–H groups in total. The van der Waals surface area contributed by atoms with E-state index < -0.39 is 6.61 Å². The minimum Gasteiger partial charge on any atom is -0.490 e. The maximum Gasteiger partial charge on any atom is 0.387 e. The van der Waals surface area contributed by atoms with Gasteiger partial charge in [-0.1, -0.05) is 6.07 Å². The summed E-state index contributed by atoms with van der Waals surface area (Å²) in [6, 6.07) is 5.23. The Labute approximate surface area is 116 Å². The largest absolute Gasteiger partial charge is 0.490 e. The van der Waals surface area contributed by atoms with Gasteiger partial charge in [0.05, 0.1) is 12.7 Å². The Kier molecular flexibility index (Phi) is 5.14. The maximum absolute atomic E-state index is 12.3. The Morgan fingerprint density at radius 3 is 2.70 bits per heavy atom. The molecule has 1 saturated carbocycles. The lowest BCUT2D eigenvalue weighted by Gasteiger charge is -2.32.